The molecule has 0 radical (unpaired) electrons. The predicted molar refractivity (Wildman–Crippen MR) is 55.5 cm³/mol. The van der Waals surface area contributed by atoms with Gasteiger partial charge in [0.25, 0.3) is 5.56 Å². The summed E-state index contributed by atoms with van der Waals surface area (Å²) in [5.41, 5.74) is -1.86. The van der Waals surface area contributed by atoms with Crippen LogP contribution < -0.4 is 11.2 Å². The second-order valence-corrected chi connectivity index (χ2v) is 3.93. The molecule has 1 fully saturated rings. The van der Waals surface area contributed by atoms with Gasteiger partial charge in [0.2, 0.25) is 5.82 Å². The summed E-state index contributed by atoms with van der Waals surface area (Å²) >= 11 is 0. The molecular formula is C9H12FN3O4. The van der Waals surface area contributed by atoms with E-state index in [-0.39, 0.29) is 26.3 Å². The van der Waals surface area contributed by atoms with Crippen LogP contribution in [-0.2, 0) is 11.4 Å². The average molecular weight is 245 g/mol. The Morgan fingerprint density at radius 3 is 2.76 bits per heavy atom. The van der Waals surface area contributed by atoms with Crippen LogP contribution in [0.3, 0.4) is 0 Å². The number of aromatic nitrogens is 2. The van der Waals surface area contributed by atoms with Gasteiger partial charge in [0, 0.05) is 6.20 Å². The Hall–Kier alpha value is -1.51. The first-order valence-electron chi connectivity index (χ1n) is 5.15. The fraction of sp³-hybridized carbons (Fsp3) is 0.556. The molecule has 7 nitrogen and oxygen atoms in total. The molecule has 0 bridgehead atoms. The number of hydrogen-bond acceptors (Lipinski definition) is 4. The van der Waals surface area contributed by atoms with E-state index in [1.54, 1.807) is 0 Å². The summed E-state index contributed by atoms with van der Waals surface area (Å²) in [6, 6.07) is 0. The summed E-state index contributed by atoms with van der Waals surface area (Å²) in [5, 5.41) is 12.1. The zero-order valence-electron chi connectivity index (χ0n) is 9.02. The maximum absolute atomic E-state index is 13.0. The molecule has 1 aromatic heterocycles. The predicted octanol–water partition coefficient (Wildman–Crippen LogP) is -1.02. The van der Waals surface area contributed by atoms with E-state index in [0.717, 1.165) is 0 Å². The first-order valence-corrected chi connectivity index (χ1v) is 5.15. The van der Waals surface area contributed by atoms with E-state index in [2.05, 4.69) is 4.98 Å². The lowest BCUT2D eigenvalue weighted by Gasteiger charge is -2.44. The van der Waals surface area contributed by atoms with Crippen LogP contribution in [0.4, 0.5) is 4.39 Å². The quantitative estimate of drug-likeness (QED) is 0.533. The van der Waals surface area contributed by atoms with Crippen molar-refractivity contribution >= 4 is 0 Å². The number of aromatic amines is 1. The SMILES string of the molecule is O=c1[nH]cc(F)c(=O)n1C[N+]1([O-])CCOCC1. The van der Waals surface area contributed by atoms with E-state index in [4.69, 9.17) is 4.74 Å². The smallest absolute Gasteiger partial charge is 0.333 e. The molecule has 0 aliphatic carbocycles. The van der Waals surface area contributed by atoms with Crippen molar-refractivity contribution in [3.63, 3.8) is 0 Å². The third kappa shape index (κ3) is 2.43. The lowest BCUT2D eigenvalue weighted by atomic mass is 10.4. The topological polar surface area (TPSA) is 87.2 Å². The maximum Gasteiger partial charge on any atom is 0.333 e. The molecular weight excluding hydrogens is 233 g/mol. The molecule has 0 aromatic carbocycles. The summed E-state index contributed by atoms with van der Waals surface area (Å²) in [4.78, 5) is 24.8. The molecule has 0 atom stereocenters. The van der Waals surface area contributed by atoms with Crippen LogP contribution in [0.1, 0.15) is 0 Å². The Morgan fingerprint density at radius 1 is 1.47 bits per heavy atom. The van der Waals surface area contributed by atoms with Crippen LogP contribution in [0.5, 0.6) is 0 Å². The molecule has 0 amide bonds. The van der Waals surface area contributed by atoms with Crippen molar-refractivity contribution in [3.05, 3.63) is 38.1 Å². The molecule has 1 aliphatic heterocycles. The fourth-order valence-corrected chi connectivity index (χ4v) is 1.69. The number of H-pyrrole nitrogens is 1. The van der Waals surface area contributed by atoms with E-state index in [1.165, 1.54) is 0 Å². The summed E-state index contributed by atoms with van der Waals surface area (Å²) in [6.45, 7) is 0.428. The third-order valence-corrected chi connectivity index (χ3v) is 2.70. The number of nitrogens with one attached hydrogen (secondary N) is 1. The number of ether oxygens (including phenoxy) is 1. The van der Waals surface area contributed by atoms with Gasteiger partial charge in [-0.05, 0) is 0 Å². The zero-order chi connectivity index (χ0) is 12.5. The number of morpholine rings is 1. The highest BCUT2D eigenvalue weighted by atomic mass is 19.1. The average Bonchev–Trinajstić information content (AvgIpc) is 2.31. The second-order valence-electron chi connectivity index (χ2n) is 3.93. The largest absolute Gasteiger partial charge is 0.631 e. The minimum absolute atomic E-state index is 0.141. The van der Waals surface area contributed by atoms with Gasteiger partial charge in [-0.25, -0.2) is 9.36 Å². The highest BCUT2D eigenvalue weighted by Crippen LogP contribution is 2.09. The Balaban J connectivity index is 2.32. The Morgan fingerprint density at radius 2 is 2.12 bits per heavy atom. The molecule has 0 spiro atoms. The van der Waals surface area contributed by atoms with Crippen molar-refractivity contribution in [1.82, 2.24) is 9.55 Å². The van der Waals surface area contributed by atoms with Gasteiger partial charge >= 0.3 is 5.69 Å². The molecule has 1 aromatic rings. The van der Waals surface area contributed by atoms with Crippen molar-refractivity contribution in [1.29, 1.82) is 0 Å². The summed E-state index contributed by atoms with van der Waals surface area (Å²) < 4.78 is 17.9. The minimum atomic E-state index is -1.08. The van der Waals surface area contributed by atoms with Gasteiger partial charge in [0.05, 0.1) is 13.2 Å². The van der Waals surface area contributed by atoms with E-state index >= 15 is 0 Å². The normalized spacial score (nSPS) is 19.2. The lowest BCUT2D eigenvalue weighted by Crippen LogP contribution is -2.55. The molecule has 0 saturated carbocycles. The maximum atomic E-state index is 13.0. The fourth-order valence-electron chi connectivity index (χ4n) is 1.69. The number of halogens is 1. The molecule has 8 heteroatoms. The molecule has 0 unspecified atom stereocenters. The van der Waals surface area contributed by atoms with E-state index < -0.39 is 28.4 Å². The third-order valence-electron chi connectivity index (χ3n) is 2.70. The van der Waals surface area contributed by atoms with Crippen molar-refractivity contribution in [2.45, 2.75) is 6.67 Å². The molecule has 94 valence electrons. The standard InChI is InChI=1S/C9H12FN3O4/c10-7-5-11-9(15)12(8(7)14)6-13(16)1-3-17-4-2-13/h5H,1-4,6H2,(H,11,15). The first kappa shape index (κ1) is 12.0. The van der Waals surface area contributed by atoms with Gasteiger partial charge in [-0.2, -0.15) is 4.39 Å². The lowest BCUT2D eigenvalue weighted by molar-refractivity contribution is -0.910. The van der Waals surface area contributed by atoms with Gasteiger partial charge in [0.1, 0.15) is 13.1 Å². The van der Waals surface area contributed by atoms with Gasteiger partial charge < -0.3 is 19.6 Å². The van der Waals surface area contributed by atoms with Gasteiger partial charge in [-0.3, -0.25) is 4.79 Å². The molecule has 2 heterocycles. The van der Waals surface area contributed by atoms with E-state index in [0.29, 0.717) is 10.8 Å². The van der Waals surface area contributed by atoms with Crippen molar-refractivity contribution in [2.24, 2.45) is 0 Å². The first-order chi connectivity index (χ1) is 8.02. The zero-order valence-corrected chi connectivity index (χ0v) is 9.02. The Labute approximate surface area is 95.2 Å². The van der Waals surface area contributed by atoms with Crippen molar-refractivity contribution in [2.75, 3.05) is 26.3 Å². The molecule has 2 rings (SSSR count). The molecule has 1 N–H and O–H groups in total. The van der Waals surface area contributed by atoms with Crippen LogP contribution in [0.2, 0.25) is 0 Å². The summed E-state index contributed by atoms with van der Waals surface area (Å²) in [5.74, 6) is -1.08. The van der Waals surface area contributed by atoms with E-state index in [9.17, 15) is 19.2 Å². The van der Waals surface area contributed by atoms with Crippen LogP contribution in [-0.4, -0.2) is 40.5 Å². The highest BCUT2D eigenvalue weighted by molar-refractivity contribution is 4.86. The van der Waals surface area contributed by atoms with Crippen molar-refractivity contribution < 1.29 is 13.8 Å². The van der Waals surface area contributed by atoms with Crippen LogP contribution in [0.25, 0.3) is 0 Å². The number of hydrogen-bond donors (Lipinski definition) is 1. The van der Waals surface area contributed by atoms with Gasteiger partial charge in [0.15, 0.2) is 6.67 Å². The van der Waals surface area contributed by atoms with Crippen LogP contribution >= 0.6 is 0 Å². The number of quaternary nitrogens is 1. The van der Waals surface area contributed by atoms with Gasteiger partial charge in [-0.15, -0.1) is 0 Å². The summed E-state index contributed by atoms with van der Waals surface area (Å²) in [6.07, 6.45) is 0.690. The second kappa shape index (κ2) is 4.40. The minimum Gasteiger partial charge on any atom is -0.631 e. The van der Waals surface area contributed by atoms with Crippen LogP contribution in [0, 0.1) is 11.0 Å². The highest BCUT2D eigenvalue weighted by Gasteiger charge is 2.23. The van der Waals surface area contributed by atoms with Crippen LogP contribution in [0.15, 0.2) is 15.8 Å². The van der Waals surface area contributed by atoms with Crippen molar-refractivity contribution in [3.8, 4) is 0 Å². The molecule has 17 heavy (non-hydrogen) atoms. The molecule has 1 aliphatic rings. The Bertz CT molecular complexity index is 518. The van der Waals surface area contributed by atoms with Gasteiger partial charge in [-0.1, -0.05) is 0 Å². The number of nitrogens with zero attached hydrogens (tertiary/aromatic N) is 2. The monoisotopic (exact) mass is 245 g/mol. The molecule has 1 saturated heterocycles. The summed E-state index contributed by atoms with van der Waals surface area (Å²) in [7, 11) is 0. The number of rotatable bonds is 2. The van der Waals surface area contributed by atoms with E-state index in [1.807, 2.05) is 0 Å². The Kier molecular flexibility index (Phi) is 3.09. The number of hydroxylamine groups is 3.